The molecule has 108 valence electrons. The Balaban J connectivity index is 2.41. The largest absolute Gasteiger partial charge is 0.476 e. The van der Waals surface area contributed by atoms with Gasteiger partial charge in [-0.3, -0.25) is 4.72 Å². The molecule has 2 aromatic rings. The Morgan fingerprint density at radius 2 is 2.19 bits per heavy atom. The van der Waals surface area contributed by atoms with Crippen LogP contribution in [0.5, 0.6) is 0 Å². The number of carboxylic acids is 1. The Bertz CT molecular complexity index is 855. The van der Waals surface area contributed by atoms with Gasteiger partial charge in [0.1, 0.15) is 0 Å². The fourth-order valence-corrected chi connectivity index (χ4v) is 4.26. The van der Waals surface area contributed by atoms with Crippen molar-refractivity contribution in [1.82, 2.24) is 4.98 Å². The summed E-state index contributed by atoms with van der Waals surface area (Å²) in [5, 5.41) is 17.7. The van der Waals surface area contributed by atoms with Crippen LogP contribution in [0.4, 0.5) is 5.69 Å². The van der Waals surface area contributed by atoms with Crippen molar-refractivity contribution in [3.63, 3.8) is 0 Å². The zero-order chi connectivity index (χ0) is 15.6. The van der Waals surface area contributed by atoms with Gasteiger partial charge in [0, 0.05) is 4.47 Å². The minimum absolute atomic E-state index is 0.193. The van der Waals surface area contributed by atoms with Gasteiger partial charge in [-0.05, 0) is 34.1 Å². The summed E-state index contributed by atoms with van der Waals surface area (Å²) in [7, 11) is -4.08. The predicted molar refractivity (Wildman–Crippen MR) is 78.7 cm³/mol. The van der Waals surface area contributed by atoms with Crippen molar-refractivity contribution in [1.29, 1.82) is 5.26 Å². The molecule has 0 bridgehead atoms. The molecule has 10 heteroatoms. The molecule has 0 aliphatic rings. The average Bonchev–Trinajstić information content (AvgIpc) is 2.91. The number of anilines is 1. The Morgan fingerprint density at radius 1 is 1.48 bits per heavy atom. The van der Waals surface area contributed by atoms with E-state index in [9.17, 15) is 13.2 Å². The van der Waals surface area contributed by atoms with Crippen molar-refractivity contribution < 1.29 is 18.3 Å². The van der Waals surface area contributed by atoms with Crippen LogP contribution in [-0.2, 0) is 10.0 Å². The topological polar surface area (TPSA) is 120 Å². The number of hydrogen-bond donors (Lipinski definition) is 2. The summed E-state index contributed by atoms with van der Waals surface area (Å²) in [4.78, 5) is 14.5. The van der Waals surface area contributed by atoms with Gasteiger partial charge in [0.05, 0.1) is 22.8 Å². The summed E-state index contributed by atoms with van der Waals surface area (Å²) in [6, 6.07) is 6.21. The highest BCUT2D eigenvalue weighted by atomic mass is 79.9. The first-order valence-corrected chi connectivity index (χ1v) is 8.40. The van der Waals surface area contributed by atoms with Crippen molar-refractivity contribution in [2.45, 2.75) is 4.21 Å². The molecule has 0 fully saturated rings. The van der Waals surface area contributed by atoms with Gasteiger partial charge in [0.2, 0.25) is 0 Å². The summed E-state index contributed by atoms with van der Waals surface area (Å²) in [5.41, 5.74) is 1.16. The van der Waals surface area contributed by atoms with Crippen molar-refractivity contribution in [2.24, 2.45) is 0 Å². The summed E-state index contributed by atoms with van der Waals surface area (Å²) in [6.45, 7) is 0. The maximum absolute atomic E-state index is 12.2. The fraction of sp³-hybridized carbons (Fsp3) is 0. The third-order valence-corrected chi connectivity index (χ3v) is 5.72. The van der Waals surface area contributed by atoms with E-state index in [0.29, 0.717) is 21.4 Å². The normalized spacial score (nSPS) is 10.9. The number of thiazole rings is 1. The van der Waals surface area contributed by atoms with Crippen LogP contribution in [0.25, 0.3) is 0 Å². The van der Waals surface area contributed by atoms with Crippen LogP contribution in [-0.4, -0.2) is 24.5 Å². The maximum Gasteiger partial charge on any atom is 0.356 e. The maximum atomic E-state index is 12.2. The Labute approximate surface area is 132 Å². The Morgan fingerprint density at radius 3 is 2.76 bits per heavy atom. The predicted octanol–water partition coefficient (Wildman–Crippen LogP) is 2.28. The first-order valence-electron chi connectivity index (χ1n) is 5.24. The van der Waals surface area contributed by atoms with Crippen LogP contribution in [0.2, 0.25) is 0 Å². The molecule has 1 aromatic carbocycles. The van der Waals surface area contributed by atoms with Gasteiger partial charge in [-0.15, -0.1) is 11.3 Å². The van der Waals surface area contributed by atoms with E-state index >= 15 is 0 Å². The van der Waals surface area contributed by atoms with E-state index in [0.717, 1.165) is 5.51 Å². The average molecular weight is 388 g/mol. The van der Waals surface area contributed by atoms with Crippen LogP contribution < -0.4 is 4.72 Å². The molecule has 0 spiro atoms. The molecule has 0 saturated carbocycles. The van der Waals surface area contributed by atoms with Gasteiger partial charge in [-0.1, -0.05) is 0 Å². The van der Waals surface area contributed by atoms with Gasteiger partial charge in [-0.25, -0.2) is 18.2 Å². The molecule has 0 unspecified atom stereocenters. The van der Waals surface area contributed by atoms with E-state index in [1.54, 1.807) is 0 Å². The standard InChI is InChI=1S/C11H6BrN3O4S2/c12-7-3-6(4-13)1-2-8(7)15-21(18,19)11-9(10(16)17)14-5-20-11/h1-3,5,15H,(H,16,17). The minimum atomic E-state index is -4.08. The lowest BCUT2D eigenvalue weighted by Crippen LogP contribution is -2.15. The van der Waals surface area contributed by atoms with E-state index in [2.05, 4.69) is 25.6 Å². The number of carboxylic acid groups (broad SMARTS) is 1. The molecule has 1 aromatic heterocycles. The molecule has 0 aliphatic heterocycles. The van der Waals surface area contributed by atoms with Crippen LogP contribution in [0.15, 0.2) is 32.4 Å². The molecule has 0 amide bonds. The number of sulfonamides is 1. The number of carbonyl (C=O) groups is 1. The molecule has 7 nitrogen and oxygen atoms in total. The zero-order valence-electron chi connectivity index (χ0n) is 10.1. The first-order chi connectivity index (χ1) is 9.85. The summed E-state index contributed by atoms with van der Waals surface area (Å²) in [6.07, 6.45) is 0. The molecule has 0 aliphatic carbocycles. The third-order valence-electron chi connectivity index (χ3n) is 2.32. The number of rotatable bonds is 4. The lowest BCUT2D eigenvalue weighted by atomic mass is 10.2. The molecule has 2 rings (SSSR count). The molecular formula is C11H6BrN3O4S2. The van der Waals surface area contributed by atoms with Gasteiger partial charge in [0.25, 0.3) is 10.0 Å². The highest BCUT2D eigenvalue weighted by Crippen LogP contribution is 2.28. The summed E-state index contributed by atoms with van der Waals surface area (Å²) < 4.78 is 26.7. The van der Waals surface area contributed by atoms with Gasteiger partial charge < -0.3 is 5.11 Å². The van der Waals surface area contributed by atoms with Gasteiger partial charge in [-0.2, -0.15) is 5.26 Å². The third kappa shape index (κ3) is 3.21. The number of halogens is 1. The van der Waals surface area contributed by atoms with E-state index in [4.69, 9.17) is 10.4 Å². The quantitative estimate of drug-likeness (QED) is 0.829. The van der Waals surface area contributed by atoms with E-state index < -0.39 is 21.7 Å². The number of hydrogen-bond acceptors (Lipinski definition) is 6. The highest BCUT2D eigenvalue weighted by molar-refractivity contribution is 9.10. The second-order valence-corrected chi connectivity index (χ2v) is 7.29. The minimum Gasteiger partial charge on any atom is -0.476 e. The van der Waals surface area contributed by atoms with Crippen LogP contribution >= 0.6 is 27.3 Å². The Kier molecular flexibility index (Phi) is 4.26. The number of nitriles is 1. The molecular weight excluding hydrogens is 382 g/mol. The molecule has 0 radical (unpaired) electrons. The zero-order valence-corrected chi connectivity index (χ0v) is 13.3. The van der Waals surface area contributed by atoms with Gasteiger partial charge in [0.15, 0.2) is 9.90 Å². The Hall–Kier alpha value is -1.96. The van der Waals surface area contributed by atoms with Crippen molar-refractivity contribution in [3.8, 4) is 6.07 Å². The summed E-state index contributed by atoms with van der Waals surface area (Å²) >= 11 is 3.85. The second-order valence-electron chi connectivity index (χ2n) is 3.71. The fourth-order valence-electron chi connectivity index (χ4n) is 1.43. The second kappa shape index (κ2) is 5.80. The van der Waals surface area contributed by atoms with Gasteiger partial charge >= 0.3 is 5.97 Å². The van der Waals surface area contributed by atoms with Crippen LogP contribution in [0.3, 0.4) is 0 Å². The van der Waals surface area contributed by atoms with Crippen molar-refractivity contribution in [3.05, 3.63) is 39.4 Å². The summed E-state index contributed by atoms with van der Waals surface area (Å²) in [5.74, 6) is -1.42. The molecule has 2 N–H and O–H groups in total. The van der Waals surface area contributed by atoms with Crippen molar-refractivity contribution in [2.75, 3.05) is 4.72 Å². The number of aromatic carboxylic acids is 1. The molecule has 1 heterocycles. The lowest BCUT2D eigenvalue weighted by molar-refractivity contribution is 0.0687. The number of nitrogens with one attached hydrogen (secondary N) is 1. The number of nitrogens with zero attached hydrogens (tertiary/aromatic N) is 2. The monoisotopic (exact) mass is 387 g/mol. The van der Waals surface area contributed by atoms with Crippen LogP contribution in [0, 0.1) is 11.3 Å². The SMILES string of the molecule is N#Cc1ccc(NS(=O)(=O)c2scnc2C(=O)O)c(Br)c1. The first kappa shape index (κ1) is 15.4. The lowest BCUT2D eigenvalue weighted by Gasteiger charge is -2.08. The van der Waals surface area contributed by atoms with Crippen LogP contribution in [0.1, 0.15) is 16.1 Å². The number of aromatic nitrogens is 1. The van der Waals surface area contributed by atoms with E-state index in [1.165, 1.54) is 18.2 Å². The van der Waals surface area contributed by atoms with Crippen molar-refractivity contribution >= 4 is 48.9 Å². The van der Waals surface area contributed by atoms with E-state index in [1.807, 2.05) is 6.07 Å². The highest BCUT2D eigenvalue weighted by Gasteiger charge is 2.26. The molecule has 0 atom stereocenters. The smallest absolute Gasteiger partial charge is 0.356 e. The molecule has 0 saturated heterocycles. The number of benzene rings is 1. The molecule has 21 heavy (non-hydrogen) atoms. The van der Waals surface area contributed by atoms with E-state index in [-0.39, 0.29) is 9.90 Å².